The Balaban J connectivity index is -0.000000284. The van der Waals surface area contributed by atoms with Crippen molar-refractivity contribution >= 4 is 11.9 Å². The van der Waals surface area contributed by atoms with Crippen LogP contribution in [0.5, 0.6) is 0 Å². The second kappa shape index (κ2) is 15.2. The molecule has 0 saturated carbocycles. The van der Waals surface area contributed by atoms with Gasteiger partial charge in [0.25, 0.3) is 0 Å². The maximum atomic E-state index is 9.60. The van der Waals surface area contributed by atoms with Crippen molar-refractivity contribution in [1.82, 2.24) is 0 Å². The summed E-state index contributed by atoms with van der Waals surface area (Å²) in [6.07, 6.45) is 5.00. The predicted octanol–water partition coefficient (Wildman–Crippen LogP) is 2.99. The second-order valence-corrected chi connectivity index (χ2v) is 5.87. The van der Waals surface area contributed by atoms with Crippen LogP contribution in [0.15, 0.2) is 24.3 Å². The van der Waals surface area contributed by atoms with E-state index < -0.39 is 17.5 Å². The number of rotatable bonds is 8. The molecule has 4 N–H and O–H groups in total. The molecule has 0 amide bonds. The Hall–Kier alpha value is -1.66. The van der Waals surface area contributed by atoms with Gasteiger partial charge in [0.2, 0.25) is 0 Å². The van der Waals surface area contributed by atoms with Crippen molar-refractivity contribution in [2.75, 3.05) is 6.61 Å². The summed E-state index contributed by atoms with van der Waals surface area (Å²) in [5, 5.41) is 33.6. The van der Waals surface area contributed by atoms with Crippen LogP contribution >= 0.6 is 0 Å². The van der Waals surface area contributed by atoms with Gasteiger partial charge in [0.05, 0.1) is 5.60 Å². The fraction of sp³-hybridized carbons (Fsp3) is 0.647. The fourth-order valence-electron chi connectivity index (χ4n) is 1.02. The molecule has 136 valence electrons. The molecule has 0 fully saturated rings. The van der Waals surface area contributed by atoms with Gasteiger partial charge in [-0.05, 0) is 40.5 Å². The molecule has 0 atom stereocenters. The molecule has 23 heavy (non-hydrogen) atoms. The van der Waals surface area contributed by atoms with Gasteiger partial charge in [-0.3, -0.25) is 0 Å². The van der Waals surface area contributed by atoms with Gasteiger partial charge < -0.3 is 20.4 Å². The van der Waals surface area contributed by atoms with Gasteiger partial charge in [0.1, 0.15) is 0 Å². The van der Waals surface area contributed by atoms with Crippen LogP contribution in [-0.2, 0) is 9.59 Å². The highest BCUT2D eigenvalue weighted by Crippen LogP contribution is 2.13. The Bertz CT molecular complexity index is 318. The number of carboxylic acid groups (broad SMARTS) is 2. The largest absolute Gasteiger partial charge is 0.478 e. The number of aliphatic hydroxyl groups is 2. The van der Waals surface area contributed by atoms with Gasteiger partial charge in [0.15, 0.2) is 0 Å². The molecule has 0 aromatic rings. The number of carbonyl (C=O) groups is 2. The predicted molar refractivity (Wildman–Crippen MR) is 91.4 cm³/mol. The quantitative estimate of drug-likeness (QED) is 0.401. The lowest BCUT2D eigenvalue weighted by atomic mass is 10.0. The Labute approximate surface area is 139 Å². The summed E-state index contributed by atoms with van der Waals surface area (Å²) in [6, 6.07) is 0. The topological polar surface area (TPSA) is 115 Å². The summed E-state index contributed by atoms with van der Waals surface area (Å²) in [5.41, 5.74) is -0.163. The highest BCUT2D eigenvalue weighted by Gasteiger charge is 2.10. The average molecular weight is 332 g/mol. The third-order valence-corrected chi connectivity index (χ3v) is 2.43. The van der Waals surface area contributed by atoms with Gasteiger partial charge >= 0.3 is 11.9 Å². The van der Waals surface area contributed by atoms with Crippen LogP contribution in [-0.4, -0.2) is 44.6 Å². The van der Waals surface area contributed by atoms with E-state index in [1.807, 2.05) is 13.8 Å². The van der Waals surface area contributed by atoms with Crippen LogP contribution in [0.2, 0.25) is 0 Å². The van der Waals surface area contributed by atoms with Crippen molar-refractivity contribution in [3.05, 3.63) is 24.3 Å². The van der Waals surface area contributed by atoms with Gasteiger partial charge in [-0.1, -0.05) is 32.4 Å². The van der Waals surface area contributed by atoms with Crippen molar-refractivity contribution in [2.24, 2.45) is 0 Å². The Morgan fingerprint density at radius 2 is 1.17 bits per heavy atom. The van der Waals surface area contributed by atoms with E-state index >= 15 is 0 Å². The van der Waals surface area contributed by atoms with Crippen molar-refractivity contribution in [3.8, 4) is 0 Å². The van der Waals surface area contributed by atoms with Gasteiger partial charge in [0, 0.05) is 17.8 Å². The monoisotopic (exact) mass is 332 g/mol. The van der Waals surface area contributed by atoms with Gasteiger partial charge in [-0.25, -0.2) is 9.59 Å². The number of hydrogen-bond acceptors (Lipinski definition) is 4. The Morgan fingerprint density at radius 1 is 0.870 bits per heavy atom. The standard InChI is InChI=1S/C9H20O2.2C4H6O2/c1-9(2,11)7-5-3-4-6-8-10;2*1-3(2)4(5)6/h10-11H,3-8H2,1-2H3;2*1H2,2H3,(H,5,6). The summed E-state index contributed by atoms with van der Waals surface area (Å²) in [4.78, 5) is 19.2. The first kappa shape index (κ1) is 26.2. The minimum atomic E-state index is -0.935. The van der Waals surface area contributed by atoms with E-state index in [1.165, 1.54) is 13.8 Å². The summed E-state index contributed by atoms with van der Waals surface area (Å²) >= 11 is 0. The van der Waals surface area contributed by atoms with E-state index in [-0.39, 0.29) is 11.1 Å². The zero-order chi connectivity index (χ0) is 19.1. The van der Waals surface area contributed by atoms with Crippen molar-refractivity contribution in [3.63, 3.8) is 0 Å². The number of aliphatic hydroxyl groups excluding tert-OH is 1. The van der Waals surface area contributed by atoms with E-state index in [4.69, 9.17) is 15.3 Å². The molecule has 0 aromatic heterocycles. The maximum absolute atomic E-state index is 9.60. The van der Waals surface area contributed by atoms with Crippen LogP contribution in [0, 0.1) is 0 Å². The molecule has 0 aliphatic heterocycles. The molecular formula is C17H32O6. The number of hydrogen-bond donors (Lipinski definition) is 4. The normalized spacial score (nSPS) is 9.65. The first-order chi connectivity index (χ1) is 10.3. The van der Waals surface area contributed by atoms with E-state index in [0.29, 0.717) is 6.61 Å². The zero-order valence-electron chi connectivity index (χ0n) is 14.8. The first-order valence-corrected chi connectivity index (χ1v) is 7.46. The number of aliphatic carboxylic acids is 2. The molecule has 0 aliphatic carbocycles. The van der Waals surface area contributed by atoms with Crippen molar-refractivity contribution in [1.29, 1.82) is 0 Å². The van der Waals surface area contributed by atoms with Crippen LogP contribution in [0.3, 0.4) is 0 Å². The highest BCUT2D eigenvalue weighted by molar-refractivity contribution is 5.85. The molecule has 0 heterocycles. The number of unbranched alkanes of at least 4 members (excludes halogenated alkanes) is 3. The van der Waals surface area contributed by atoms with Crippen LogP contribution in [0.1, 0.15) is 59.8 Å². The smallest absolute Gasteiger partial charge is 0.330 e. The second-order valence-electron chi connectivity index (χ2n) is 5.87. The number of carboxylic acids is 2. The highest BCUT2D eigenvalue weighted by atomic mass is 16.4. The van der Waals surface area contributed by atoms with E-state index in [2.05, 4.69) is 13.2 Å². The molecule has 6 nitrogen and oxygen atoms in total. The van der Waals surface area contributed by atoms with E-state index in [1.54, 1.807) is 0 Å². The van der Waals surface area contributed by atoms with Crippen molar-refractivity contribution < 1.29 is 30.0 Å². The van der Waals surface area contributed by atoms with Crippen LogP contribution in [0.4, 0.5) is 0 Å². The lowest BCUT2D eigenvalue weighted by Gasteiger charge is -2.16. The molecule has 0 unspecified atom stereocenters. The minimum absolute atomic E-state index is 0.176. The molecule has 6 heteroatoms. The molecule has 0 aromatic carbocycles. The van der Waals surface area contributed by atoms with Crippen molar-refractivity contribution in [2.45, 2.75) is 65.4 Å². The average Bonchev–Trinajstić information content (AvgIpc) is 2.38. The van der Waals surface area contributed by atoms with E-state index in [9.17, 15) is 14.7 Å². The molecule has 0 aliphatic rings. The third kappa shape index (κ3) is 33.3. The third-order valence-electron chi connectivity index (χ3n) is 2.43. The molecule has 0 saturated heterocycles. The lowest BCUT2D eigenvalue weighted by Crippen LogP contribution is -2.17. The summed E-state index contributed by atoms with van der Waals surface area (Å²) in [5.74, 6) is -1.87. The lowest BCUT2D eigenvalue weighted by molar-refractivity contribution is -0.133. The summed E-state index contributed by atoms with van der Waals surface area (Å²) < 4.78 is 0. The minimum Gasteiger partial charge on any atom is -0.478 e. The Morgan fingerprint density at radius 3 is 1.39 bits per heavy atom. The molecule has 0 radical (unpaired) electrons. The van der Waals surface area contributed by atoms with E-state index in [0.717, 1.165) is 32.1 Å². The van der Waals surface area contributed by atoms with Crippen LogP contribution < -0.4 is 0 Å². The molecule has 0 bridgehead atoms. The summed E-state index contributed by atoms with van der Waals surface area (Å²) in [7, 11) is 0. The van der Waals surface area contributed by atoms with Gasteiger partial charge in [-0.15, -0.1) is 0 Å². The summed E-state index contributed by atoms with van der Waals surface area (Å²) in [6.45, 7) is 13.2. The molecule has 0 rings (SSSR count). The van der Waals surface area contributed by atoms with Crippen LogP contribution in [0.25, 0.3) is 0 Å². The SMILES string of the molecule is C=C(C)C(=O)O.C=C(C)C(=O)O.CC(C)(O)CCCCCCO. The molecular weight excluding hydrogens is 300 g/mol. The zero-order valence-corrected chi connectivity index (χ0v) is 14.8. The fourth-order valence-corrected chi connectivity index (χ4v) is 1.02. The van der Waals surface area contributed by atoms with Gasteiger partial charge in [-0.2, -0.15) is 0 Å². The Kier molecular flexibility index (Phi) is 17.4. The maximum Gasteiger partial charge on any atom is 0.330 e. The molecule has 0 spiro atoms. The first-order valence-electron chi connectivity index (χ1n) is 7.46.